The number of anilines is 1. The van der Waals surface area contributed by atoms with Gasteiger partial charge in [0.1, 0.15) is 6.54 Å². The molecule has 0 aliphatic carbocycles. The maximum absolute atomic E-state index is 2.29. The van der Waals surface area contributed by atoms with Gasteiger partial charge in [0.2, 0.25) is 5.69 Å². The van der Waals surface area contributed by atoms with E-state index < -0.39 is 0 Å². The maximum atomic E-state index is 2.29. The summed E-state index contributed by atoms with van der Waals surface area (Å²) >= 11 is 0. The van der Waals surface area contributed by atoms with Gasteiger partial charge in [0.05, 0.1) is 0 Å². The molecule has 0 aliphatic rings. The van der Waals surface area contributed by atoms with Crippen molar-refractivity contribution in [1.29, 1.82) is 0 Å². The molecule has 0 unspecified atom stereocenters. The monoisotopic (exact) mass is 317 g/mol. The van der Waals surface area contributed by atoms with Crippen LogP contribution in [0.25, 0.3) is 22.9 Å². The standard InChI is InChI=1S/C22H25N2/c1-4-14-24-15-6-5-7-21(24)12-9-18-8-10-20-17-22(23(2)3)13-11-19(20)16-18/h5-13,15-17H,4,14H2,1-3H3/q+1. The molecule has 3 rings (SSSR count). The molecule has 1 aromatic heterocycles. The summed E-state index contributed by atoms with van der Waals surface area (Å²) in [7, 11) is 4.15. The van der Waals surface area contributed by atoms with Gasteiger partial charge in [-0.1, -0.05) is 25.1 Å². The molecule has 0 amide bonds. The molecule has 0 saturated heterocycles. The second-order valence-electron chi connectivity index (χ2n) is 6.34. The lowest BCUT2D eigenvalue weighted by Crippen LogP contribution is -2.35. The third-order valence-corrected chi connectivity index (χ3v) is 4.25. The fourth-order valence-electron chi connectivity index (χ4n) is 2.90. The highest BCUT2D eigenvalue weighted by Crippen LogP contribution is 2.22. The minimum Gasteiger partial charge on any atom is -0.378 e. The molecule has 2 nitrogen and oxygen atoms in total. The molecule has 1 heterocycles. The van der Waals surface area contributed by atoms with Crippen molar-refractivity contribution >= 4 is 28.6 Å². The van der Waals surface area contributed by atoms with Gasteiger partial charge >= 0.3 is 0 Å². The summed E-state index contributed by atoms with van der Waals surface area (Å²) in [5.41, 5.74) is 3.70. The van der Waals surface area contributed by atoms with Crippen LogP contribution in [-0.4, -0.2) is 14.1 Å². The minimum absolute atomic E-state index is 1.05. The van der Waals surface area contributed by atoms with Crippen LogP contribution in [0, 0.1) is 0 Å². The highest BCUT2D eigenvalue weighted by atomic mass is 15.1. The number of pyridine rings is 1. The Labute approximate surface area is 144 Å². The van der Waals surface area contributed by atoms with Crippen LogP contribution in [0.15, 0.2) is 60.8 Å². The molecule has 0 fully saturated rings. The summed E-state index contributed by atoms with van der Waals surface area (Å²) in [6.07, 6.45) is 7.68. The topological polar surface area (TPSA) is 7.12 Å². The predicted molar refractivity (Wildman–Crippen MR) is 104 cm³/mol. The van der Waals surface area contributed by atoms with E-state index in [0.717, 1.165) is 13.0 Å². The Kier molecular flexibility index (Phi) is 4.95. The van der Waals surface area contributed by atoms with Crippen LogP contribution in [-0.2, 0) is 6.54 Å². The molecule has 0 bridgehead atoms. The Balaban J connectivity index is 1.89. The Morgan fingerprint density at radius 3 is 2.50 bits per heavy atom. The molecule has 0 atom stereocenters. The maximum Gasteiger partial charge on any atom is 0.205 e. The van der Waals surface area contributed by atoms with Gasteiger partial charge < -0.3 is 4.90 Å². The van der Waals surface area contributed by atoms with E-state index in [2.05, 4.69) is 103 Å². The SMILES string of the molecule is CCC[n+]1ccccc1/C=C/c1ccc2cc(N(C)C)ccc2c1. The number of nitrogens with zero attached hydrogens (tertiary/aromatic N) is 2. The molecule has 3 aromatic rings. The first-order valence-electron chi connectivity index (χ1n) is 8.55. The number of aromatic nitrogens is 1. The number of rotatable bonds is 5. The lowest BCUT2D eigenvalue weighted by molar-refractivity contribution is -0.698. The smallest absolute Gasteiger partial charge is 0.205 e. The first kappa shape index (κ1) is 16.3. The first-order chi connectivity index (χ1) is 11.7. The van der Waals surface area contributed by atoms with Crippen molar-refractivity contribution in [3.8, 4) is 0 Å². The normalized spacial score (nSPS) is 11.3. The molecule has 0 spiro atoms. The largest absolute Gasteiger partial charge is 0.378 e. The second-order valence-corrected chi connectivity index (χ2v) is 6.34. The first-order valence-corrected chi connectivity index (χ1v) is 8.55. The van der Waals surface area contributed by atoms with Crippen LogP contribution in [0.2, 0.25) is 0 Å². The number of benzene rings is 2. The summed E-state index contributed by atoms with van der Waals surface area (Å²) < 4.78 is 2.29. The van der Waals surface area contributed by atoms with Crippen LogP contribution in [0.4, 0.5) is 5.69 Å². The number of hydrogen-bond acceptors (Lipinski definition) is 1. The van der Waals surface area contributed by atoms with Crippen LogP contribution in [0.3, 0.4) is 0 Å². The van der Waals surface area contributed by atoms with E-state index in [4.69, 9.17) is 0 Å². The van der Waals surface area contributed by atoms with Crippen LogP contribution >= 0.6 is 0 Å². The van der Waals surface area contributed by atoms with Gasteiger partial charge in [-0.05, 0) is 46.7 Å². The van der Waals surface area contributed by atoms with Crippen LogP contribution in [0.1, 0.15) is 24.6 Å². The highest BCUT2D eigenvalue weighted by molar-refractivity contribution is 5.88. The van der Waals surface area contributed by atoms with Crippen molar-refractivity contribution in [1.82, 2.24) is 0 Å². The third kappa shape index (κ3) is 3.65. The minimum atomic E-state index is 1.05. The fraction of sp³-hybridized carbons (Fsp3) is 0.227. The molecular weight excluding hydrogens is 292 g/mol. The fourth-order valence-corrected chi connectivity index (χ4v) is 2.90. The Morgan fingerprint density at radius 2 is 1.71 bits per heavy atom. The van der Waals surface area contributed by atoms with Crippen LogP contribution in [0.5, 0.6) is 0 Å². The van der Waals surface area contributed by atoms with E-state index in [9.17, 15) is 0 Å². The zero-order chi connectivity index (χ0) is 16.9. The number of hydrogen-bond donors (Lipinski definition) is 0. The highest BCUT2D eigenvalue weighted by Gasteiger charge is 2.04. The van der Waals surface area contributed by atoms with Crippen molar-refractivity contribution in [3.63, 3.8) is 0 Å². The quantitative estimate of drug-likeness (QED) is 0.615. The van der Waals surface area contributed by atoms with Gasteiger partial charge in [-0.2, -0.15) is 4.57 Å². The van der Waals surface area contributed by atoms with E-state index in [1.165, 1.54) is 27.7 Å². The van der Waals surface area contributed by atoms with Crippen molar-refractivity contribution in [2.24, 2.45) is 0 Å². The van der Waals surface area contributed by atoms with Gasteiger partial charge in [0.25, 0.3) is 0 Å². The number of fused-ring (bicyclic) bond motifs is 1. The summed E-state index contributed by atoms with van der Waals surface area (Å²) in [5, 5.41) is 2.55. The average molecular weight is 317 g/mol. The van der Waals surface area contributed by atoms with E-state index in [1.807, 2.05) is 0 Å². The zero-order valence-corrected chi connectivity index (χ0v) is 14.7. The third-order valence-electron chi connectivity index (χ3n) is 4.25. The van der Waals surface area contributed by atoms with Crippen molar-refractivity contribution in [2.45, 2.75) is 19.9 Å². The lowest BCUT2D eigenvalue weighted by Gasteiger charge is -2.13. The van der Waals surface area contributed by atoms with Crippen molar-refractivity contribution in [2.75, 3.05) is 19.0 Å². The van der Waals surface area contributed by atoms with Gasteiger partial charge in [-0.3, -0.25) is 0 Å². The predicted octanol–water partition coefficient (Wildman–Crippen LogP) is 4.77. The average Bonchev–Trinajstić information content (AvgIpc) is 2.60. The van der Waals surface area contributed by atoms with Gasteiger partial charge in [-0.15, -0.1) is 0 Å². The molecule has 24 heavy (non-hydrogen) atoms. The van der Waals surface area contributed by atoms with Gasteiger partial charge in [-0.25, -0.2) is 0 Å². The van der Waals surface area contributed by atoms with E-state index >= 15 is 0 Å². The summed E-state index contributed by atoms with van der Waals surface area (Å²) in [5.74, 6) is 0. The second kappa shape index (κ2) is 7.31. The summed E-state index contributed by atoms with van der Waals surface area (Å²) in [6.45, 7) is 3.25. The molecule has 2 heteroatoms. The van der Waals surface area contributed by atoms with Gasteiger partial charge in [0.15, 0.2) is 6.20 Å². The van der Waals surface area contributed by atoms with E-state index in [1.54, 1.807) is 0 Å². The Morgan fingerprint density at radius 1 is 0.917 bits per heavy atom. The van der Waals surface area contributed by atoms with E-state index in [0.29, 0.717) is 0 Å². The lowest BCUT2D eigenvalue weighted by atomic mass is 10.1. The Bertz CT molecular complexity index is 863. The van der Waals surface area contributed by atoms with Gasteiger partial charge in [0, 0.05) is 44.4 Å². The zero-order valence-electron chi connectivity index (χ0n) is 14.7. The number of aryl methyl sites for hydroxylation is 1. The van der Waals surface area contributed by atoms with Crippen molar-refractivity contribution < 1.29 is 4.57 Å². The molecule has 0 N–H and O–H groups in total. The summed E-state index contributed by atoms with van der Waals surface area (Å²) in [6, 6.07) is 19.6. The molecule has 2 aromatic carbocycles. The molecular formula is C22H25N2+. The van der Waals surface area contributed by atoms with Crippen LogP contribution < -0.4 is 9.47 Å². The molecule has 122 valence electrons. The van der Waals surface area contributed by atoms with E-state index in [-0.39, 0.29) is 0 Å². The summed E-state index contributed by atoms with van der Waals surface area (Å²) in [4.78, 5) is 2.13. The molecule has 0 saturated carbocycles. The van der Waals surface area contributed by atoms with Crippen molar-refractivity contribution in [3.05, 3.63) is 72.1 Å². The molecule has 0 aliphatic heterocycles. The Hall–Kier alpha value is -2.61. The molecule has 0 radical (unpaired) electrons.